The first-order valence-electron chi connectivity index (χ1n) is 5.19. The van der Waals surface area contributed by atoms with Crippen LogP contribution in [0, 0.1) is 17.8 Å². The van der Waals surface area contributed by atoms with Crippen LogP contribution in [-0.2, 0) is 18.4 Å². The molecule has 0 heterocycles. The summed E-state index contributed by atoms with van der Waals surface area (Å²) in [5.41, 5.74) is 0. The molecule has 16 heavy (non-hydrogen) atoms. The maximum absolute atomic E-state index is 11.5. The maximum atomic E-state index is 11.5. The zero-order chi connectivity index (χ0) is 12.6. The third kappa shape index (κ3) is 6.79. The monoisotopic (exact) mass is 246 g/mol. The maximum Gasteiger partial charge on any atom is 0.327 e. The zero-order valence-corrected chi connectivity index (χ0v) is 11.2. The molecule has 0 rings (SSSR count). The molecular formula is C11H19O4P. The van der Waals surface area contributed by atoms with Gasteiger partial charge in [0, 0.05) is 32.5 Å². The minimum atomic E-state index is -3.06. The van der Waals surface area contributed by atoms with E-state index >= 15 is 0 Å². The molecule has 0 aromatic carbocycles. The van der Waals surface area contributed by atoms with E-state index in [1.165, 1.54) is 13.8 Å². The Morgan fingerprint density at radius 2 is 2.06 bits per heavy atom. The highest BCUT2D eigenvalue weighted by atomic mass is 31.2. The zero-order valence-electron chi connectivity index (χ0n) is 10.3. The Bertz CT molecular complexity index is 327. The predicted molar refractivity (Wildman–Crippen MR) is 63.3 cm³/mol. The number of carbonyl (C=O) groups is 1. The molecule has 0 aliphatic rings. The van der Waals surface area contributed by atoms with E-state index in [4.69, 9.17) is 4.52 Å². The first-order valence-corrected chi connectivity index (χ1v) is 7.18. The van der Waals surface area contributed by atoms with Crippen LogP contribution in [0.5, 0.6) is 0 Å². The van der Waals surface area contributed by atoms with Crippen molar-refractivity contribution >= 4 is 13.4 Å². The molecule has 4 nitrogen and oxygen atoms in total. The highest BCUT2D eigenvalue weighted by Crippen LogP contribution is 2.42. The summed E-state index contributed by atoms with van der Waals surface area (Å²) in [6.45, 7) is 4.89. The summed E-state index contributed by atoms with van der Waals surface area (Å²) in [5.74, 6) is 5.49. The lowest BCUT2D eigenvalue weighted by molar-refractivity contribution is -0.124. The summed E-state index contributed by atoms with van der Waals surface area (Å²) in [6, 6.07) is 0. The van der Waals surface area contributed by atoms with Crippen molar-refractivity contribution < 1.29 is 18.4 Å². The van der Waals surface area contributed by atoms with E-state index in [0.29, 0.717) is 6.42 Å². The minimum Gasteiger partial charge on any atom is -0.312 e. The Balaban J connectivity index is 4.02. The van der Waals surface area contributed by atoms with Gasteiger partial charge in [0.1, 0.15) is 6.61 Å². The van der Waals surface area contributed by atoms with Crippen LogP contribution in [0.15, 0.2) is 0 Å². The van der Waals surface area contributed by atoms with Crippen LogP contribution >= 0.6 is 7.60 Å². The van der Waals surface area contributed by atoms with E-state index in [-0.39, 0.29) is 18.3 Å². The third-order valence-corrected chi connectivity index (χ3v) is 3.29. The van der Waals surface area contributed by atoms with Gasteiger partial charge in [0.2, 0.25) is 0 Å². The van der Waals surface area contributed by atoms with Crippen LogP contribution in [0.1, 0.15) is 26.7 Å². The predicted octanol–water partition coefficient (Wildman–Crippen LogP) is 2.48. The molecule has 0 amide bonds. The Morgan fingerprint density at radius 3 is 2.56 bits per heavy atom. The topological polar surface area (TPSA) is 52.6 Å². The molecule has 0 N–H and O–H groups in total. The van der Waals surface area contributed by atoms with Gasteiger partial charge in [-0.25, -0.2) is 0 Å². The molecule has 2 unspecified atom stereocenters. The number of carbonyl (C=O) groups excluding carboxylic acids is 1. The molecule has 0 bridgehead atoms. The van der Waals surface area contributed by atoms with Crippen molar-refractivity contribution in [3.05, 3.63) is 0 Å². The van der Waals surface area contributed by atoms with Crippen molar-refractivity contribution in [1.29, 1.82) is 0 Å². The van der Waals surface area contributed by atoms with Crippen LogP contribution in [0.3, 0.4) is 0 Å². The summed E-state index contributed by atoms with van der Waals surface area (Å²) in [4.78, 5) is 11.5. The van der Waals surface area contributed by atoms with E-state index < -0.39 is 7.60 Å². The van der Waals surface area contributed by atoms with Crippen molar-refractivity contribution in [3.63, 3.8) is 0 Å². The first-order chi connectivity index (χ1) is 7.43. The van der Waals surface area contributed by atoms with Gasteiger partial charge in [-0.15, -0.1) is 11.8 Å². The van der Waals surface area contributed by atoms with Gasteiger partial charge >= 0.3 is 7.60 Å². The lowest BCUT2D eigenvalue weighted by Crippen LogP contribution is -2.16. The van der Waals surface area contributed by atoms with Crippen LogP contribution < -0.4 is 0 Å². The Labute approximate surface area is 97.2 Å². The van der Waals surface area contributed by atoms with Crippen molar-refractivity contribution in [1.82, 2.24) is 0 Å². The number of Topliss-reactive ketones (excluding diaryl/α,β-unsaturated/α-hetero) is 1. The standard InChI is InChI=1S/C11H19O4P/c1-5-6-7-8-10(2)11(12)9-15-16(4,13)14-3/h10H,5,8-9H2,1-4H3. The molecule has 0 aromatic rings. The molecular weight excluding hydrogens is 227 g/mol. The average Bonchev–Trinajstić information content (AvgIpc) is 2.26. The molecule has 0 radical (unpaired) electrons. The fourth-order valence-corrected chi connectivity index (χ4v) is 1.31. The summed E-state index contributed by atoms with van der Waals surface area (Å²) in [7, 11) is -1.76. The molecule has 0 spiro atoms. The van der Waals surface area contributed by atoms with Gasteiger partial charge < -0.3 is 9.05 Å². The van der Waals surface area contributed by atoms with E-state index in [0.717, 1.165) is 6.42 Å². The van der Waals surface area contributed by atoms with Gasteiger partial charge in [0.05, 0.1) is 0 Å². The molecule has 0 saturated carbocycles. The molecule has 2 atom stereocenters. The second kappa shape index (κ2) is 7.62. The highest BCUT2D eigenvalue weighted by Gasteiger charge is 2.19. The van der Waals surface area contributed by atoms with E-state index in [9.17, 15) is 9.36 Å². The largest absolute Gasteiger partial charge is 0.327 e. The van der Waals surface area contributed by atoms with Crippen molar-refractivity contribution in [2.75, 3.05) is 20.4 Å². The fourth-order valence-electron chi connectivity index (χ4n) is 0.840. The summed E-state index contributed by atoms with van der Waals surface area (Å²) in [6.07, 6.45) is 1.29. The van der Waals surface area contributed by atoms with Gasteiger partial charge in [-0.3, -0.25) is 9.36 Å². The van der Waals surface area contributed by atoms with Gasteiger partial charge in [0.25, 0.3) is 0 Å². The van der Waals surface area contributed by atoms with Gasteiger partial charge in [0.15, 0.2) is 5.78 Å². The Hall–Kier alpha value is -0.620. The Kier molecular flexibility index (Phi) is 7.33. The molecule has 0 aliphatic heterocycles. The molecule has 5 heteroatoms. The number of hydrogen-bond acceptors (Lipinski definition) is 4. The number of ketones is 1. The number of rotatable bonds is 6. The van der Waals surface area contributed by atoms with Gasteiger partial charge in [-0.2, -0.15) is 0 Å². The van der Waals surface area contributed by atoms with Gasteiger partial charge in [-0.1, -0.05) is 13.8 Å². The molecule has 92 valence electrons. The SMILES string of the molecule is CCC#CCC(C)C(=O)COP(C)(=O)OC. The average molecular weight is 246 g/mol. The third-order valence-electron chi connectivity index (χ3n) is 2.03. The van der Waals surface area contributed by atoms with E-state index in [1.807, 2.05) is 6.92 Å². The highest BCUT2D eigenvalue weighted by molar-refractivity contribution is 7.52. The number of hydrogen-bond donors (Lipinski definition) is 0. The second-order valence-corrected chi connectivity index (χ2v) is 5.67. The van der Waals surface area contributed by atoms with Crippen LogP contribution in [-0.4, -0.2) is 26.2 Å². The molecule has 0 saturated heterocycles. The molecule has 0 fully saturated rings. The van der Waals surface area contributed by atoms with Crippen LogP contribution in [0.25, 0.3) is 0 Å². The summed E-state index contributed by atoms with van der Waals surface area (Å²) in [5, 5.41) is 0. The lowest BCUT2D eigenvalue weighted by atomic mass is 10.0. The van der Waals surface area contributed by atoms with Crippen molar-refractivity contribution in [2.45, 2.75) is 26.7 Å². The first kappa shape index (κ1) is 15.4. The summed E-state index contributed by atoms with van der Waals surface area (Å²) < 4.78 is 20.9. The van der Waals surface area contributed by atoms with Crippen molar-refractivity contribution in [2.24, 2.45) is 5.92 Å². The smallest absolute Gasteiger partial charge is 0.312 e. The molecule has 0 aliphatic carbocycles. The van der Waals surface area contributed by atoms with E-state index in [2.05, 4.69) is 16.4 Å². The van der Waals surface area contributed by atoms with Crippen LogP contribution in [0.4, 0.5) is 0 Å². The van der Waals surface area contributed by atoms with Crippen LogP contribution in [0.2, 0.25) is 0 Å². The minimum absolute atomic E-state index is 0.107. The normalized spacial score (nSPS) is 15.8. The quantitative estimate of drug-likeness (QED) is 0.533. The van der Waals surface area contributed by atoms with Crippen molar-refractivity contribution in [3.8, 4) is 11.8 Å². The molecule has 0 aromatic heterocycles. The fraction of sp³-hybridized carbons (Fsp3) is 0.727. The second-order valence-electron chi connectivity index (χ2n) is 3.51. The lowest BCUT2D eigenvalue weighted by Gasteiger charge is -2.12. The van der Waals surface area contributed by atoms with Gasteiger partial charge in [-0.05, 0) is 0 Å². The summed E-state index contributed by atoms with van der Waals surface area (Å²) >= 11 is 0. The Morgan fingerprint density at radius 1 is 1.44 bits per heavy atom. The van der Waals surface area contributed by atoms with E-state index in [1.54, 1.807) is 6.92 Å².